The van der Waals surface area contributed by atoms with Crippen LogP contribution in [0.1, 0.15) is 37.3 Å². The maximum Gasteiger partial charge on any atom is 0.161 e. The second-order valence-corrected chi connectivity index (χ2v) is 5.58. The van der Waals surface area contributed by atoms with Crippen LogP contribution in [-0.4, -0.2) is 24.3 Å². The smallest absolute Gasteiger partial charge is 0.161 e. The molecule has 0 bridgehead atoms. The van der Waals surface area contributed by atoms with Gasteiger partial charge in [-0.25, -0.2) is 13.2 Å². The molecular weight excluding hydrogens is 281 g/mol. The predicted octanol–water partition coefficient (Wildman–Crippen LogP) is 2.24. The fraction of sp³-hybridized carbons (Fsp3) is 0.600. The molecule has 1 aliphatic rings. The van der Waals surface area contributed by atoms with Crippen molar-refractivity contribution in [1.29, 1.82) is 0 Å². The summed E-state index contributed by atoms with van der Waals surface area (Å²) in [5.41, 5.74) is 5.68. The lowest BCUT2D eigenvalue weighted by Crippen LogP contribution is -2.44. The first kappa shape index (κ1) is 16.3. The zero-order valence-electron chi connectivity index (χ0n) is 11.8. The Labute approximate surface area is 122 Å². The van der Waals surface area contributed by atoms with Gasteiger partial charge in [-0.3, -0.25) is 0 Å². The number of halogens is 3. The summed E-state index contributed by atoms with van der Waals surface area (Å²) in [7, 11) is 0. The van der Waals surface area contributed by atoms with E-state index in [4.69, 9.17) is 5.73 Å². The minimum absolute atomic E-state index is 0.00446. The fourth-order valence-corrected chi connectivity index (χ4v) is 2.99. The minimum Gasteiger partial charge on any atom is -0.396 e. The lowest BCUT2D eigenvalue weighted by Gasteiger charge is -2.34. The van der Waals surface area contributed by atoms with E-state index >= 15 is 0 Å². The van der Waals surface area contributed by atoms with Crippen molar-refractivity contribution in [1.82, 2.24) is 5.32 Å². The summed E-state index contributed by atoms with van der Waals surface area (Å²) in [6, 6.07) is 0.799. The highest BCUT2D eigenvalue weighted by Gasteiger charge is 2.28. The molecule has 0 spiro atoms. The molecule has 3 unspecified atom stereocenters. The summed E-state index contributed by atoms with van der Waals surface area (Å²) in [6.45, 7) is 0.117. The van der Waals surface area contributed by atoms with Crippen LogP contribution in [0.15, 0.2) is 12.1 Å². The molecule has 1 aromatic carbocycles. The molecule has 1 fully saturated rings. The molecular formula is C15H21F3N2O. The first-order valence-corrected chi connectivity index (χ1v) is 7.28. The number of hydrogen-bond donors (Lipinski definition) is 3. The molecule has 0 amide bonds. The number of aliphatic hydroxyl groups is 1. The van der Waals surface area contributed by atoms with Gasteiger partial charge >= 0.3 is 0 Å². The Bertz CT molecular complexity index is 484. The molecule has 0 heterocycles. The second-order valence-electron chi connectivity index (χ2n) is 5.58. The summed E-state index contributed by atoms with van der Waals surface area (Å²) in [4.78, 5) is 0. The van der Waals surface area contributed by atoms with Crippen molar-refractivity contribution in [2.24, 2.45) is 11.7 Å². The number of aliphatic hydroxyl groups excluding tert-OH is 1. The van der Waals surface area contributed by atoms with E-state index in [1.54, 1.807) is 0 Å². The van der Waals surface area contributed by atoms with Crippen molar-refractivity contribution in [2.75, 3.05) is 13.2 Å². The molecule has 2 rings (SSSR count). The summed E-state index contributed by atoms with van der Waals surface area (Å²) >= 11 is 0. The highest BCUT2D eigenvalue weighted by Crippen LogP contribution is 2.27. The monoisotopic (exact) mass is 302 g/mol. The van der Waals surface area contributed by atoms with Crippen LogP contribution in [0.3, 0.4) is 0 Å². The zero-order valence-corrected chi connectivity index (χ0v) is 11.8. The Kier molecular flexibility index (Phi) is 5.61. The Morgan fingerprint density at radius 1 is 1.14 bits per heavy atom. The lowest BCUT2D eigenvalue weighted by atomic mass is 9.84. The maximum atomic E-state index is 13.8. The average molecular weight is 302 g/mol. The Balaban J connectivity index is 2.17. The second kappa shape index (κ2) is 7.24. The minimum atomic E-state index is -1.21. The molecule has 0 aliphatic heterocycles. The van der Waals surface area contributed by atoms with Gasteiger partial charge in [-0.15, -0.1) is 0 Å². The SMILES string of the molecule is NCC(NC1CCCCC1CO)c1cc(F)c(F)cc1F. The van der Waals surface area contributed by atoms with Crippen molar-refractivity contribution >= 4 is 0 Å². The molecule has 1 saturated carbocycles. The van der Waals surface area contributed by atoms with Gasteiger partial charge in [-0.1, -0.05) is 12.8 Å². The molecule has 1 aromatic rings. The van der Waals surface area contributed by atoms with Crippen molar-refractivity contribution in [3.8, 4) is 0 Å². The normalized spacial score (nSPS) is 24.0. The van der Waals surface area contributed by atoms with Crippen LogP contribution < -0.4 is 11.1 Å². The molecule has 1 aliphatic carbocycles. The van der Waals surface area contributed by atoms with Gasteiger partial charge in [0.15, 0.2) is 11.6 Å². The summed E-state index contributed by atoms with van der Waals surface area (Å²) in [5, 5.41) is 12.6. The van der Waals surface area contributed by atoms with E-state index in [1.807, 2.05) is 0 Å². The van der Waals surface area contributed by atoms with Crippen LogP contribution >= 0.6 is 0 Å². The molecule has 0 aromatic heterocycles. The molecule has 3 atom stereocenters. The van der Waals surface area contributed by atoms with Crippen LogP contribution in [0, 0.1) is 23.4 Å². The van der Waals surface area contributed by atoms with Gasteiger partial charge in [0.1, 0.15) is 5.82 Å². The third-order valence-corrected chi connectivity index (χ3v) is 4.21. The quantitative estimate of drug-likeness (QED) is 0.731. The number of benzene rings is 1. The number of nitrogens with one attached hydrogen (secondary N) is 1. The van der Waals surface area contributed by atoms with E-state index in [2.05, 4.69) is 5.32 Å². The van der Waals surface area contributed by atoms with Crippen LogP contribution in [-0.2, 0) is 0 Å². The van der Waals surface area contributed by atoms with E-state index in [0.29, 0.717) is 6.07 Å². The standard InChI is InChI=1S/C15H21F3N2O/c16-11-6-13(18)12(17)5-10(11)15(7-19)20-14-4-2-1-3-9(14)8-21/h5-6,9,14-15,20-21H,1-4,7-8,19H2. The first-order valence-electron chi connectivity index (χ1n) is 7.28. The van der Waals surface area contributed by atoms with Crippen LogP contribution in [0.4, 0.5) is 13.2 Å². The van der Waals surface area contributed by atoms with Crippen molar-refractivity contribution in [2.45, 2.75) is 37.8 Å². The molecule has 3 nitrogen and oxygen atoms in total. The third kappa shape index (κ3) is 3.75. The Hall–Kier alpha value is -1.11. The lowest BCUT2D eigenvalue weighted by molar-refractivity contribution is 0.146. The van der Waals surface area contributed by atoms with Gasteiger partial charge in [0.2, 0.25) is 0 Å². The predicted molar refractivity (Wildman–Crippen MR) is 74.1 cm³/mol. The summed E-state index contributed by atoms with van der Waals surface area (Å²) in [6.07, 6.45) is 3.82. The molecule has 6 heteroatoms. The number of nitrogens with two attached hydrogens (primary N) is 1. The van der Waals surface area contributed by atoms with E-state index in [0.717, 1.165) is 31.7 Å². The summed E-state index contributed by atoms with van der Waals surface area (Å²) in [5.74, 6) is -3.03. The highest BCUT2D eigenvalue weighted by molar-refractivity contribution is 5.24. The van der Waals surface area contributed by atoms with Gasteiger partial charge < -0.3 is 16.2 Å². The Morgan fingerprint density at radius 3 is 2.48 bits per heavy atom. The molecule has 0 radical (unpaired) electrons. The van der Waals surface area contributed by atoms with Gasteiger partial charge in [0.05, 0.1) is 0 Å². The largest absolute Gasteiger partial charge is 0.396 e. The van der Waals surface area contributed by atoms with E-state index in [1.165, 1.54) is 0 Å². The van der Waals surface area contributed by atoms with Crippen LogP contribution in [0.2, 0.25) is 0 Å². The van der Waals surface area contributed by atoms with Gasteiger partial charge in [0, 0.05) is 36.9 Å². The maximum absolute atomic E-state index is 13.8. The van der Waals surface area contributed by atoms with Crippen molar-refractivity contribution < 1.29 is 18.3 Å². The zero-order chi connectivity index (χ0) is 15.4. The Morgan fingerprint density at radius 2 is 1.81 bits per heavy atom. The number of hydrogen-bond acceptors (Lipinski definition) is 3. The van der Waals surface area contributed by atoms with Crippen molar-refractivity contribution in [3.05, 3.63) is 35.1 Å². The summed E-state index contributed by atoms with van der Waals surface area (Å²) < 4.78 is 40.2. The third-order valence-electron chi connectivity index (χ3n) is 4.21. The van der Waals surface area contributed by atoms with E-state index in [9.17, 15) is 18.3 Å². The first-order chi connectivity index (χ1) is 10.1. The average Bonchev–Trinajstić information content (AvgIpc) is 2.49. The highest BCUT2D eigenvalue weighted by atomic mass is 19.2. The van der Waals surface area contributed by atoms with Gasteiger partial charge in [-0.05, 0) is 24.8 Å². The van der Waals surface area contributed by atoms with E-state index < -0.39 is 23.5 Å². The number of rotatable bonds is 5. The molecule has 118 valence electrons. The topological polar surface area (TPSA) is 58.3 Å². The van der Waals surface area contributed by atoms with Gasteiger partial charge in [0.25, 0.3) is 0 Å². The van der Waals surface area contributed by atoms with Crippen LogP contribution in [0.25, 0.3) is 0 Å². The molecule has 0 saturated heterocycles. The molecule has 4 N–H and O–H groups in total. The van der Waals surface area contributed by atoms with Gasteiger partial charge in [-0.2, -0.15) is 0 Å². The molecule has 21 heavy (non-hydrogen) atoms. The van der Waals surface area contributed by atoms with Crippen LogP contribution in [0.5, 0.6) is 0 Å². The van der Waals surface area contributed by atoms with E-state index in [-0.39, 0.29) is 30.7 Å². The fourth-order valence-electron chi connectivity index (χ4n) is 2.99. The van der Waals surface area contributed by atoms with Crippen molar-refractivity contribution in [3.63, 3.8) is 0 Å².